The van der Waals surface area contributed by atoms with E-state index in [-0.39, 0.29) is 34.6 Å². The number of rotatable bonds is 1. The van der Waals surface area contributed by atoms with Crippen LogP contribution in [0, 0.1) is 50.7 Å². The molecule has 1 saturated heterocycles. The first-order chi connectivity index (χ1) is 14.5. The van der Waals surface area contributed by atoms with Crippen LogP contribution in [0.2, 0.25) is 0 Å². The molecule has 0 aromatic rings. The smallest absolute Gasteiger partial charge is 0.148 e. The zero-order chi connectivity index (χ0) is 22.2. The van der Waals surface area contributed by atoms with E-state index in [0.29, 0.717) is 34.5 Å². The number of ether oxygens (including phenoxy) is 1. The molecule has 12 atom stereocenters. The third kappa shape index (κ3) is 2.09. The van der Waals surface area contributed by atoms with Gasteiger partial charge in [-0.15, -0.1) is 0 Å². The number of aliphatic hydroxyl groups excluding tert-OH is 2. The van der Waals surface area contributed by atoms with Gasteiger partial charge in [0.15, 0.2) is 0 Å². The zero-order valence-electron chi connectivity index (χ0n) is 20.1. The van der Waals surface area contributed by atoms with Crippen molar-refractivity contribution in [2.45, 2.75) is 110 Å². The number of carbonyl (C=O) groups is 1. The first kappa shape index (κ1) is 21.1. The van der Waals surface area contributed by atoms with Gasteiger partial charge in [-0.2, -0.15) is 0 Å². The lowest BCUT2D eigenvalue weighted by molar-refractivity contribution is -0.182. The predicted molar refractivity (Wildman–Crippen MR) is 118 cm³/mol. The number of hydrogen-bond donors (Lipinski definition) is 2. The van der Waals surface area contributed by atoms with Gasteiger partial charge in [-0.25, -0.2) is 0 Å². The van der Waals surface area contributed by atoms with Crippen molar-refractivity contribution in [3.63, 3.8) is 0 Å². The number of fused-ring (bicyclic) bond motifs is 4. The van der Waals surface area contributed by atoms with Crippen LogP contribution in [-0.4, -0.2) is 40.9 Å². The third-order valence-electron chi connectivity index (χ3n) is 13.0. The van der Waals surface area contributed by atoms with Gasteiger partial charge in [0.05, 0.1) is 18.3 Å². The van der Waals surface area contributed by atoms with E-state index < -0.39 is 6.10 Å². The molecule has 1 heterocycles. The van der Waals surface area contributed by atoms with E-state index >= 15 is 0 Å². The monoisotopic (exact) mass is 430 g/mol. The summed E-state index contributed by atoms with van der Waals surface area (Å²) in [5, 5.41) is 22.7. The number of carbonyl (C=O) groups excluding carboxylic acids is 1. The molecule has 2 spiro atoms. The molecule has 0 radical (unpaired) electrons. The van der Waals surface area contributed by atoms with Crippen molar-refractivity contribution in [2.75, 3.05) is 0 Å². The van der Waals surface area contributed by atoms with Crippen LogP contribution in [0.1, 0.15) is 86.0 Å². The van der Waals surface area contributed by atoms with Gasteiger partial charge in [-0.3, -0.25) is 0 Å². The molecule has 0 bridgehead atoms. The van der Waals surface area contributed by atoms with Crippen LogP contribution in [0.5, 0.6) is 0 Å². The Labute approximate surface area is 187 Å². The fourth-order valence-electron chi connectivity index (χ4n) is 11.4. The Bertz CT molecular complexity index is 809. The van der Waals surface area contributed by atoms with Crippen molar-refractivity contribution in [1.29, 1.82) is 0 Å². The second-order valence-electron chi connectivity index (χ2n) is 13.7. The summed E-state index contributed by atoms with van der Waals surface area (Å²) in [6.07, 6.45) is 8.65. The molecule has 174 valence electrons. The fourth-order valence-corrected chi connectivity index (χ4v) is 11.4. The standard InChI is InChI=1S/C27H42O4/c1-15-12-16(13-28)31-21-20(15)24(4)10-11-27-14-26(27)9-8-19(29)23(2,3)17(26)6-7-18(27)25(24,5)22(21)30/h13,15-22,29-30H,6-12,14H2,1-5H3/t15-,16?,17+,18?,19?,20+,21?,22+,24?,25-,26?,27?/m1/s1. The van der Waals surface area contributed by atoms with E-state index in [9.17, 15) is 15.0 Å². The van der Waals surface area contributed by atoms with E-state index in [1.54, 1.807) is 0 Å². The normalized spacial score (nSPS) is 63.7. The maximum Gasteiger partial charge on any atom is 0.148 e. The Morgan fingerprint density at radius 2 is 1.61 bits per heavy atom. The molecule has 0 aromatic carbocycles. The molecular weight excluding hydrogens is 388 g/mol. The highest BCUT2D eigenvalue weighted by atomic mass is 16.5. The SMILES string of the molecule is C[C@@H]1CC(C=O)OC2[C@H]1C1(C)CCC34CC35CCC(O)C(C)(C)[C@@H]5CCC4[C@]1(C)[C@H]2O. The molecule has 5 aliphatic carbocycles. The number of hydrogen-bond acceptors (Lipinski definition) is 4. The zero-order valence-corrected chi connectivity index (χ0v) is 20.1. The van der Waals surface area contributed by atoms with E-state index in [2.05, 4.69) is 34.6 Å². The average Bonchev–Trinajstić information content (AvgIpc) is 3.36. The van der Waals surface area contributed by atoms with Crippen molar-refractivity contribution < 1.29 is 19.7 Å². The molecule has 6 fully saturated rings. The van der Waals surface area contributed by atoms with E-state index in [1.807, 2.05) is 0 Å². The summed E-state index contributed by atoms with van der Waals surface area (Å²) in [6.45, 7) is 11.7. The lowest BCUT2D eigenvalue weighted by Gasteiger charge is -2.63. The highest BCUT2D eigenvalue weighted by Crippen LogP contribution is 2.89. The lowest BCUT2D eigenvalue weighted by atomic mass is 9.41. The summed E-state index contributed by atoms with van der Waals surface area (Å²) in [5.41, 5.74) is 0.588. The van der Waals surface area contributed by atoms with Gasteiger partial charge in [0.1, 0.15) is 12.4 Å². The molecule has 2 N–H and O–H groups in total. The van der Waals surface area contributed by atoms with Crippen LogP contribution in [-0.2, 0) is 9.53 Å². The fraction of sp³-hybridized carbons (Fsp3) is 0.963. The highest BCUT2D eigenvalue weighted by Gasteiger charge is 2.84. The quantitative estimate of drug-likeness (QED) is 0.607. The second-order valence-corrected chi connectivity index (χ2v) is 13.7. The Morgan fingerprint density at radius 1 is 0.935 bits per heavy atom. The van der Waals surface area contributed by atoms with Gasteiger partial charge >= 0.3 is 0 Å². The third-order valence-corrected chi connectivity index (χ3v) is 13.0. The summed E-state index contributed by atoms with van der Waals surface area (Å²) in [5.74, 6) is 1.85. The largest absolute Gasteiger partial charge is 0.393 e. The van der Waals surface area contributed by atoms with Gasteiger partial charge < -0.3 is 19.7 Å². The minimum absolute atomic E-state index is 0.00847. The van der Waals surface area contributed by atoms with Crippen LogP contribution >= 0.6 is 0 Å². The Kier molecular flexibility index (Phi) is 4.06. The maximum atomic E-state index is 11.9. The maximum absolute atomic E-state index is 11.9. The first-order valence-corrected chi connectivity index (χ1v) is 13.0. The van der Waals surface area contributed by atoms with E-state index in [1.165, 1.54) is 19.3 Å². The van der Waals surface area contributed by atoms with Crippen LogP contribution in [0.4, 0.5) is 0 Å². The van der Waals surface area contributed by atoms with Crippen molar-refractivity contribution in [3.05, 3.63) is 0 Å². The Balaban J connectivity index is 1.41. The summed E-state index contributed by atoms with van der Waals surface area (Å²) < 4.78 is 6.29. The van der Waals surface area contributed by atoms with E-state index in [0.717, 1.165) is 38.4 Å². The molecule has 0 amide bonds. The van der Waals surface area contributed by atoms with E-state index in [4.69, 9.17) is 4.74 Å². The van der Waals surface area contributed by atoms with Crippen molar-refractivity contribution >= 4 is 6.29 Å². The summed E-state index contributed by atoms with van der Waals surface area (Å²) in [4.78, 5) is 11.6. The minimum Gasteiger partial charge on any atom is -0.393 e. The minimum atomic E-state index is -0.494. The number of aldehydes is 1. The molecule has 0 aromatic heterocycles. The molecular formula is C27H42O4. The Morgan fingerprint density at radius 3 is 2.32 bits per heavy atom. The molecule has 4 nitrogen and oxygen atoms in total. The molecule has 31 heavy (non-hydrogen) atoms. The molecule has 6 rings (SSSR count). The van der Waals surface area contributed by atoms with Crippen LogP contribution in [0.3, 0.4) is 0 Å². The van der Waals surface area contributed by atoms with Gasteiger partial charge in [-0.1, -0.05) is 34.6 Å². The first-order valence-electron chi connectivity index (χ1n) is 13.0. The van der Waals surface area contributed by atoms with Crippen molar-refractivity contribution in [2.24, 2.45) is 50.7 Å². The predicted octanol–water partition coefficient (Wildman–Crippen LogP) is 4.36. The molecule has 5 saturated carbocycles. The summed E-state index contributed by atoms with van der Waals surface area (Å²) >= 11 is 0. The van der Waals surface area contributed by atoms with Crippen molar-refractivity contribution in [1.82, 2.24) is 0 Å². The highest BCUT2D eigenvalue weighted by molar-refractivity contribution is 5.56. The van der Waals surface area contributed by atoms with Crippen molar-refractivity contribution in [3.8, 4) is 0 Å². The molecule has 1 aliphatic heterocycles. The van der Waals surface area contributed by atoms with Gasteiger partial charge in [0, 0.05) is 5.41 Å². The Hall–Kier alpha value is -0.450. The molecule has 4 heteroatoms. The number of aliphatic hydroxyl groups is 2. The van der Waals surface area contributed by atoms with Gasteiger partial charge in [-0.05, 0) is 96.7 Å². The van der Waals surface area contributed by atoms with Crippen LogP contribution < -0.4 is 0 Å². The lowest BCUT2D eigenvalue weighted by Crippen LogP contribution is -2.59. The van der Waals surface area contributed by atoms with Crippen LogP contribution in [0.25, 0.3) is 0 Å². The summed E-state index contributed by atoms with van der Waals surface area (Å²) in [6, 6.07) is 0. The second kappa shape index (κ2) is 5.96. The summed E-state index contributed by atoms with van der Waals surface area (Å²) in [7, 11) is 0. The van der Waals surface area contributed by atoms with Crippen LogP contribution in [0.15, 0.2) is 0 Å². The molecule has 6 aliphatic rings. The average molecular weight is 431 g/mol. The van der Waals surface area contributed by atoms with Gasteiger partial charge in [0.25, 0.3) is 0 Å². The molecule has 7 unspecified atom stereocenters. The van der Waals surface area contributed by atoms with Gasteiger partial charge in [0.2, 0.25) is 0 Å². The topological polar surface area (TPSA) is 66.8 Å².